The number of hydrogen-bond donors (Lipinski definition) is 0. The van der Waals surface area contributed by atoms with Crippen molar-refractivity contribution in [1.82, 2.24) is 0 Å². The Kier molecular flexibility index (Phi) is 4.97. The molecule has 2 aromatic rings. The van der Waals surface area contributed by atoms with Crippen molar-refractivity contribution in [3.63, 3.8) is 0 Å². The summed E-state index contributed by atoms with van der Waals surface area (Å²) < 4.78 is 0. The van der Waals surface area contributed by atoms with E-state index in [1.165, 1.54) is 37.5 Å². The Morgan fingerprint density at radius 3 is 1.83 bits per heavy atom. The Morgan fingerprint density at radius 2 is 1.30 bits per heavy atom. The highest BCUT2D eigenvalue weighted by Crippen LogP contribution is 2.34. The van der Waals surface area contributed by atoms with Gasteiger partial charge in [0.25, 0.3) is 0 Å². The van der Waals surface area contributed by atoms with Gasteiger partial charge in [-0.05, 0) is 44.0 Å². The van der Waals surface area contributed by atoms with Crippen LogP contribution in [0.4, 0.5) is 0 Å². The zero-order chi connectivity index (χ0) is 16.2. The van der Waals surface area contributed by atoms with Gasteiger partial charge in [-0.3, -0.25) is 9.59 Å². The molecule has 0 N–H and O–H groups in total. The predicted molar refractivity (Wildman–Crippen MR) is 94.4 cm³/mol. The lowest BCUT2D eigenvalue weighted by molar-refractivity contribution is 0.101. The smallest absolute Gasteiger partial charge is 0.193 e. The van der Waals surface area contributed by atoms with Crippen LogP contribution < -0.4 is 0 Å². The molecule has 1 fully saturated rings. The molecule has 2 nitrogen and oxygen atoms in total. The van der Waals surface area contributed by atoms with E-state index in [2.05, 4.69) is 0 Å². The van der Waals surface area contributed by atoms with E-state index in [1.54, 1.807) is 24.3 Å². The van der Waals surface area contributed by atoms with Gasteiger partial charge >= 0.3 is 0 Å². The molecule has 0 saturated heterocycles. The Bertz CT molecular complexity index is 695. The van der Waals surface area contributed by atoms with Crippen molar-refractivity contribution in [1.29, 1.82) is 0 Å². The number of carbonyl (C=O) groups excluding carboxylic acids is 2. The number of Topliss-reactive ketones (excluding diaryl/α,β-unsaturated/α-hetero) is 1. The van der Waals surface area contributed by atoms with Crippen LogP contribution in [0.1, 0.15) is 58.9 Å². The fourth-order valence-corrected chi connectivity index (χ4v) is 4.15. The first-order valence-electron chi connectivity index (χ1n) is 8.06. The molecule has 0 heterocycles. The zero-order valence-electron chi connectivity index (χ0n) is 13.2. The second kappa shape index (κ2) is 7.14. The zero-order valence-corrected chi connectivity index (χ0v) is 14.1. The average molecular weight is 324 g/mol. The van der Waals surface area contributed by atoms with Crippen LogP contribution in [-0.4, -0.2) is 16.8 Å². The maximum Gasteiger partial charge on any atom is 0.193 e. The summed E-state index contributed by atoms with van der Waals surface area (Å²) in [6.07, 6.45) is 5.27. The van der Waals surface area contributed by atoms with Gasteiger partial charge in [0.15, 0.2) is 11.6 Å². The van der Waals surface area contributed by atoms with Crippen molar-refractivity contribution in [2.45, 2.75) is 42.8 Å². The lowest BCUT2D eigenvalue weighted by atomic mass is 10.0. The largest absolute Gasteiger partial charge is 0.295 e. The second-order valence-electron chi connectivity index (χ2n) is 6.01. The second-order valence-corrected chi connectivity index (χ2v) is 7.39. The van der Waals surface area contributed by atoms with Gasteiger partial charge < -0.3 is 0 Å². The third-order valence-electron chi connectivity index (χ3n) is 4.28. The normalized spacial score (nSPS) is 14.8. The first kappa shape index (κ1) is 16.0. The third kappa shape index (κ3) is 3.91. The van der Waals surface area contributed by atoms with E-state index in [1.807, 2.05) is 36.0 Å². The van der Waals surface area contributed by atoms with E-state index >= 15 is 0 Å². The molecule has 1 aliphatic rings. The van der Waals surface area contributed by atoms with Gasteiger partial charge in [0.05, 0.1) is 0 Å². The highest BCUT2D eigenvalue weighted by Gasteiger charge is 2.16. The van der Waals surface area contributed by atoms with Gasteiger partial charge in [-0.15, -0.1) is 11.8 Å². The summed E-state index contributed by atoms with van der Waals surface area (Å²) in [4.78, 5) is 25.0. The Balaban J connectivity index is 1.70. The minimum atomic E-state index is -0.00230. The highest BCUT2D eigenvalue weighted by atomic mass is 32.2. The van der Waals surface area contributed by atoms with Crippen molar-refractivity contribution < 1.29 is 9.59 Å². The molecule has 3 heteroatoms. The number of hydrogen-bond acceptors (Lipinski definition) is 3. The molecule has 0 aliphatic heterocycles. The van der Waals surface area contributed by atoms with Gasteiger partial charge in [-0.2, -0.15) is 0 Å². The summed E-state index contributed by atoms with van der Waals surface area (Å²) in [5.41, 5.74) is 1.94. The molecule has 1 aliphatic carbocycles. The van der Waals surface area contributed by atoms with E-state index in [0.717, 1.165) is 5.25 Å². The summed E-state index contributed by atoms with van der Waals surface area (Å²) in [5, 5.41) is 0.732. The molecule has 0 spiro atoms. The van der Waals surface area contributed by atoms with E-state index in [9.17, 15) is 9.59 Å². The number of carbonyl (C=O) groups is 2. The van der Waals surface area contributed by atoms with Crippen LogP contribution in [0, 0.1) is 0 Å². The van der Waals surface area contributed by atoms with Gasteiger partial charge in [0, 0.05) is 26.8 Å². The minimum absolute atomic E-state index is 0.00230. The molecule has 1 saturated carbocycles. The first-order valence-corrected chi connectivity index (χ1v) is 8.94. The van der Waals surface area contributed by atoms with E-state index in [4.69, 9.17) is 0 Å². The molecule has 0 bridgehead atoms. The third-order valence-corrected chi connectivity index (χ3v) is 5.62. The molecule has 0 atom stereocenters. The van der Waals surface area contributed by atoms with Crippen molar-refractivity contribution in [3.05, 3.63) is 65.2 Å². The molecule has 0 aromatic heterocycles. The molecule has 0 unspecified atom stereocenters. The number of ketones is 2. The van der Waals surface area contributed by atoms with Crippen LogP contribution >= 0.6 is 11.8 Å². The van der Waals surface area contributed by atoms with E-state index < -0.39 is 0 Å². The minimum Gasteiger partial charge on any atom is -0.295 e. The number of benzene rings is 2. The van der Waals surface area contributed by atoms with Crippen LogP contribution in [0.5, 0.6) is 0 Å². The standard InChI is InChI=1S/C20H20O2S/c1-14(21)15-6-8-16(9-7-15)20(22)17-10-12-19(13-11-17)23-18-4-2-3-5-18/h6-13,18H,2-5H2,1H3. The lowest BCUT2D eigenvalue weighted by Gasteiger charge is -2.09. The molecule has 23 heavy (non-hydrogen) atoms. The molecule has 2 aromatic carbocycles. The lowest BCUT2D eigenvalue weighted by Crippen LogP contribution is -2.02. The predicted octanol–water partition coefficient (Wildman–Crippen LogP) is 5.15. The summed E-state index contributed by atoms with van der Waals surface area (Å²) in [6, 6.07) is 14.7. The van der Waals surface area contributed by atoms with E-state index in [0.29, 0.717) is 16.7 Å². The Hall–Kier alpha value is -1.87. The average Bonchev–Trinajstić information content (AvgIpc) is 3.08. The summed E-state index contributed by atoms with van der Waals surface area (Å²) in [7, 11) is 0. The van der Waals surface area contributed by atoms with Gasteiger partial charge in [0.1, 0.15) is 0 Å². The Labute approximate surface area is 141 Å². The molecular weight excluding hydrogens is 304 g/mol. The summed E-state index contributed by atoms with van der Waals surface area (Å²) >= 11 is 1.92. The van der Waals surface area contributed by atoms with Crippen LogP contribution in [0.3, 0.4) is 0 Å². The number of rotatable bonds is 5. The molecular formula is C20H20O2S. The molecule has 118 valence electrons. The fourth-order valence-electron chi connectivity index (χ4n) is 2.91. The van der Waals surface area contributed by atoms with Crippen molar-refractivity contribution in [2.75, 3.05) is 0 Å². The quantitative estimate of drug-likeness (QED) is 0.713. The fraction of sp³-hybridized carbons (Fsp3) is 0.300. The van der Waals surface area contributed by atoms with Crippen molar-refractivity contribution >= 4 is 23.3 Å². The van der Waals surface area contributed by atoms with Gasteiger partial charge in [-0.25, -0.2) is 0 Å². The van der Waals surface area contributed by atoms with Gasteiger partial charge in [-0.1, -0.05) is 37.1 Å². The highest BCUT2D eigenvalue weighted by molar-refractivity contribution is 8.00. The maximum absolute atomic E-state index is 12.5. The van der Waals surface area contributed by atoms with Crippen LogP contribution in [0.2, 0.25) is 0 Å². The topological polar surface area (TPSA) is 34.1 Å². The van der Waals surface area contributed by atoms with Crippen LogP contribution in [-0.2, 0) is 0 Å². The maximum atomic E-state index is 12.5. The molecule has 0 amide bonds. The van der Waals surface area contributed by atoms with E-state index in [-0.39, 0.29) is 11.6 Å². The Morgan fingerprint density at radius 1 is 0.826 bits per heavy atom. The van der Waals surface area contributed by atoms with Crippen molar-refractivity contribution in [3.8, 4) is 0 Å². The first-order chi connectivity index (χ1) is 11.1. The monoisotopic (exact) mass is 324 g/mol. The summed E-state index contributed by atoms with van der Waals surface area (Å²) in [5.74, 6) is 0.00908. The molecule has 0 radical (unpaired) electrons. The summed E-state index contributed by atoms with van der Waals surface area (Å²) in [6.45, 7) is 1.53. The van der Waals surface area contributed by atoms with Crippen LogP contribution in [0.15, 0.2) is 53.4 Å². The van der Waals surface area contributed by atoms with Gasteiger partial charge in [0.2, 0.25) is 0 Å². The number of thioether (sulfide) groups is 1. The SMILES string of the molecule is CC(=O)c1ccc(C(=O)c2ccc(SC3CCCC3)cc2)cc1. The van der Waals surface area contributed by atoms with Crippen molar-refractivity contribution in [2.24, 2.45) is 0 Å². The molecule has 3 rings (SSSR count). The van der Waals surface area contributed by atoms with Crippen LogP contribution in [0.25, 0.3) is 0 Å².